The number of rotatable bonds is 3. The first-order chi connectivity index (χ1) is 4.45. The summed E-state index contributed by atoms with van der Waals surface area (Å²) in [6.07, 6.45) is -0.669. The highest BCUT2D eigenvalue weighted by molar-refractivity contribution is 8.62. The summed E-state index contributed by atoms with van der Waals surface area (Å²) in [4.78, 5) is 0. The van der Waals surface area contributed by atoms with E-state index in [1.165, 1.54) is 0 Å². The molecule has 60 valence electrons. The Morgan fingerprint density at radius 1 is 1.50 bits per heavy atom. The van der Waals surface area contributed by atoms with Gasteiger partial charge in [-0.25, -0.2) is 0 Å². The second-order valence-corrected chi connectivity index (χ2v) is 7.77. The molecule has 0 spiro atoms. The minimum atomic E-state index is -0.669. The van der Waals surface area contributed by atoms with Gasteiger partial charge in [0, 0.05) is 5.75 Å². The molecule has 0 rings (SSSR count). The molecular formula is C6H14OPS2+. The summed E-state index contributed by atoms with van der Waals surface area (Å²) in [5.74, 6) is 1.05. The topological polar surface area (TPSA) is 9.23 Å². The van der Waals surface area contributed by atoms with Crippen LogP contribution in [0.3, 0.4) is 0 Å². The van der Waals surface area contributed by atoms with E-state index in [0.29, 0.717) is 0 Å². The smallest absolute Gasteiger partial charge is 0.153 e. The molecule has 10 heavy (non-hydrogen) atoms. The van der Waals surface area contributed by atoms with Gasteiger partial charge in [-0.05, 0) is 20.8 Å². The fourth-order valence-corrected chi connectivity index (χ4v) is 4.15. The molecule has 0 aliphatic carbocycles. The average Bonchev–Trinajstić information content (AvgIpc) is 1.59. The fourth-order valence-electron chi connectivity index (χ4n) is 0.355. The van der Waals surface area contributed by atoms with Crippen molar-refractivity contribution in [1.29, 1.82) is 0 Å². The van der Waals surface area contributed by atoms with Crippen LogP contribution in [0.15, 0.2) is 0 Å². The van der Waals surface area contributed by atoms with Crippen LogP contribution in [0.5, 0.6) is 0 Å². The van der Waals surface area contributed by atoms with Gasteiger partial charge in [-0.1, -0.05) is 6.92 Å². The minimum Gasteiger partial charge on any atom is -0.153 e. The highest BCUT2D eigenvalue weighted by atomic mass is 32.9. The molecule has 1 atom stereocenters. The van der Waals surface area contributed by atoms with E-state index in [0.717, 1.165) is 5.75 Å². The van der Waals surface area contributed by atoms with E-state index < -0.39 is 6.13 Å². The average molecular weight is 197 g/mol. The van der Waals surface area contributed by atoms with Gasteiger partial charge in [-0.15, -0.1) is 0 Å². The highest BCUT2D eigenvalue weighted by Crippen LogP contribution is 2.42. The summed E-state index contributed by atoms with van der Waals surface area (Å²) >= 11 is 6.81. The van der Waals surface area contributed by atoms with Crippen LogP contribution in [0.1, 0.15) is 27.7 Å². The van der Waals surface area contributed by atoms with Crippen LogP contribution >= 0.6 is 17.5 Å². The Bertz CT molecular complexity index is 119. The van der Waals surface area contributed by atoms with Crippen LogP contribution in [0.25, 0.3) is 0 Å². The predicted molar refractivity (Wildman–Crippen MR) is 53.3 cm³/mol. The third-order valence-corrected chi connectivity index (χ3v) is 4.55. The number of hydrogen-bond acceptors (Lipinski definition) is 3. The minimum absolute atomic E-state index is 0.0738. The van der Waals surface area contributed by atoms with E-state index in [4.69, 9.17) is 16.3 Å². The van der Waals surface area contributed by atoms with Gasteiger partial charge in [0.1, 0.15) is 17.0 Å². The van der Waals surface area contributed by atoms with E-state index in [1.807, 2.05) is 20.8 Å². The third kappa shape index (κ3) is 6.94. The molecule has 0 radical (unpaired) electrons. The predicted octanol–water partition coefficient (Wildman–Crippen LogP) is 3.33. The van der Waals surface area contributed by atoms with E-state index >= 15 is 0 Å². The summed E-state index contributed by atoms with van der Waals surface area (Å²) < 4.78 is 5.52. The molecule has 0 aromatic carbocycles. The molecular weight excluding hydrogens is 183 g/mol. The molecule has 0 bridgehead atoms. The number of hydrogen-bond donors (Lipinski definition) is 0. The lowest BCUT2D eigenvalue weighted by Crippen LogP contribution is -2.13. The second kappa shape index (κ2) is 4.66. The van der Waals surface area contributed by atoms with Crippen LogP contribution < -0.4 is 0 Å². The molecule has 0 saturated carbocycles. The van der Waals surface area contributed by atoms with Crippen molar-refractivity contribution < 1.29 is 4.52 Å². The molecule has 0 heterocycles. The monoisotopic (exact) mass is 197 g/mol. The first-order valence-electron chi connectivity index (χ1n) is 3.25. The quantitative estimate of drug-likeness (QED) is 0.642. The zero-order valence-electron chi connectivity index (χ0n) is 6.88. The first kappa shape index (κ1) is 10.8. The van der Waals surface area contributed by atoms with Gasteiger partial charge in [-0.2, -0.15) is 4.52 Å². The van der Waals surface area contributed by atoms with Gasteiger partial charge < -0.3 is 0 Å². The zero-order chi connectivity index (χ0) is 8.20. The van der Waals surface area contributed by atoms with Gasteiger partial charge >= 0.3 is 6.13 Å². The molecule has 0 aliphatic heterocycles. The normalized spacial score (nSPS) is 13.4. The van der Waals surface area contributed by atoms with E-state index in [1.54, 1.807) is 11.4 Å². The van der Waals surface area contributed by atoms with Crippen molar-refractivity contribution in [3.63, 3.8) is 0 Å². The van der Waals surface area contributed by atoms with Crippen molar-refractivity contribution >= 4 is 29.3 Å². The standard InChI is InChI=1S/C6H14OPS2/c1-5-10-8(9)7-6(2,3)4/h5H2,1-4H3/q+1. The Kier molecular flexibility index (Phi) is 5.04. The van der Waals surface area contributed by atoms with Crippen molar-refractivity contribution in [2.75, 3.05) is 5.75 Å². The zero-order valence-corrected chi connectivity index (χ0v) is 9.41. The van der Waals surface area contributed by atoms with E-state index in [2.05, 4.69) is 6.92 Å². The fraction of sp³-hybridized carbons (Fsp3) is 1.00. The van der Waals surface area contributed by atoms with Gasteiger partial charge in [0.15, 0.2) is 0 Å². The van der Waals surface area contributed by atoms with Crippen molar-refractivity contribution in [3.05, 3.63) is 0 Å². The Morgan fingerprint density at radius 2 is 2.00 bits per heavy atom. The Morgan fingerprint density at radius 3 is 2.30 bits per heavy atom. The summed E-state index contributed by atoms with van der Waals surface area (Å²) in [5, 5.41) is 0. The van der Waals surface area contributed by atoms with Crippen LogP contribution in [-0.2, 0) is 16.3 Å². The Labute approximate surface area is 73.2 Å². The molecule has 0 saturated heterocycles. The lowest BCUT2D eigenvalue weighted by molar-refractivity contribution is 0.160. The third-order valence-electron chi connectivity index (χ3n) is 0.583. The largest absolute Gasteiger partial charge is 0.414 e. The molecule has 0 amide bonds. The molecule has 0 N–H and O–H groups in total. The molecule has 1 unspecified atom stereocenters. The second-order valence-electron chi connectivity index (χ2n) is 2.85. The van der Waals surface area contributed by atoms with Gasteiger partial charge in [0.2, 0.25) is 11.8 Å². The molecule has 4 heteroatoms. The first-order valence-corrected chi connectivity index (χ1v) is 7.11. The van der Waals surface area contributed by atoms with Crippen LogP contribution in [0, 0.1) is 0 Å². The van der Waals surface area contributed by atoms with E-state index in [9.17, 15) is 0 Å². The molecule has 0 aromatic heterocycles. The maximum atomic E-state index is 5.52. The Balaban J connectivity index is 3.58. The summed E-state index contributed by atoms with van der Waals surface area (Å²) in [5.41, 5.74) is -0.0738. The summed E-state index contributed by atoms with van der Waals surface area (Å²) in [6.45, 7) is 8.19. The Hall–Kier alpha value is 0.830. The van der Waals surface area contributed by atoms with Crippen LogP contribution in [0.4, 0.5) is 0 Å². The lowest BCUT2D eigenvalue weighted by Gasteiger charge is -2.09. The van der Waals surface area contributed by atoms with Gasteiger partial charge in [0.05, 0.1) is 0 Å². The van der Waals surface area contributed by atoms with Crippen LogP contribution in [-0.4, -0.2) is 11.4 Å². The van der Waals surface area contributed by atoms with Gasteiger partial charge in [0.25, 0.3) is 0 Å². The molecule has 0 aliphatic rings. The van der Waals surface area contributed by atoms with Crippen molar-refractivity contribution in [1.82, 2.24) is 0 Å². The summed E-state index contributed by atoms with van der Waals surface area (Å²) in [6, 6.07) is 0. The van der Waals surface area contributed by atoms with Crippen LogP contribution in [0.2, 0.25) is 0 Å². The summed E-state index contributed by atoms with van der Waals surface area (Å²) in [7, 11) is 0. The molecule has 0 aromatic rings. The highest BCUT2D eigenvalue weighted by Gasteiger charge is 2.23. The van der Waals surface area contributed by atoms with Crippen molar-refractivity contribution in [2.24, 2.45) is 0 Å². The molecule has 1 nitrogen and oxygen atoms in total. The van der Waals surface area contributed by atoms with E-state index in [-0.39, 0.29) is 5.60 Å². The maximum absolute atomic E-state index is 5.52. The SMILES string of the molecule is CCS[P+](=S)OC(C)(C)C. The van der Waals surface area contributed by atoms with Gasteiger partial charge in [-0.3, -0.25) is 0 Å². The maximum Gasteiger partial charge on any atom is 0.414 e. The van der Waals surface area contributed by atoms with Crippen molar-refractivity contribution in [3.8, 4) is 0 Å². The van der Waals surface area contributed by atoms with Crippen molar-refractivity contribution in [2.45, 2.75) is 33.3 Å². The lowest BCUT2D eigenvalue weighted by atomic mass is 10.2. The molecule has 0 fully saturated rings.